The van der Waals surface area contributed by atoms with Crippen LogP contribution in [0.2, 0.25) is 0 Å². The highest BCUT2D eigenvalue weighted by Gasteiger charge is 2.00. The van der Waals surface area contributed by atoms with Crippen molar-refractivity contribution in [3.63, 3.8) is 0 Å². The Labute approximate surface area is 131 Å². The van der Waals surface area contributed by atoms with Crippen LogP contribution in [-0.2, 0) is 28.5 Å². The predicted molar refractivity (Wildman–Crippen MR) is 80.6 cm³/mol. The van der Waals surface area contributed by atoms with Gasteiger partial charge in [-0.3, -0.25) is 9.59 Å². The van der Waals surface area contributed by atoms with Crippen molar-refractivity contribution in [2.75, 3.05) is 67.0 Å². The smallest absolute Gasteiger partial charge is 0.222 e. The minimum absolute atomic E-state index is 0.0501. The van der Waals surface area contributed by atoms with E-state index in [0.29, 0.717) is 65.6 Å². The lowest BCUT2D eigenvalue weighted by atomic mass is 10.4. The third-order valence-corrected chi connectivity index (χ3v) is 2.58. The van der Waals surface area contributed by atoms with Gasteiger partial charge in [0.2, 0.25) is 11.8 Å². The Morgan fingerprint density at radius 1 is 0.682 bits per heavy atom. The fourth-order valence-electron chi connectivity index (χ4n) is 1.41. The molecule has 0 fully saturated rings. The number of carbonyl (C=O) groups excluding carboxylic acids is 2. The molecule has 0 aliphatic heterocycles. The van der Waals surface area contributed by atoms with E-state index >= 15 is 0 Å². The molecule has 0 aromatic carbocycles. The van der Waals surface area contributed by atoms with Crippen LogP contribution in [0.3, 0.4) is 0 Å². The molecule has 0 saturated heterocycles. The molecular formula is C14H28N2O6. The lowest BCUT2D eigenvalue weighted by molar-refractivity contribution is -0.123. The molecule has 0 aromatic rings. The molecule has 8 nitrogen and oxygen atoms in total. The number of nitrogens with one attached hydrogen (secondary N) is 2. The quantitative estimate of drug-likeness (QED) is 0.388. The average Bonchev–Trinajstić information content (AvgIpc) is 2.52. The Balaban J connectivity index is 3.17. The van der Waals surface area contributed by atoms with E-state index in [1.165, 1.54) is 0 Å². The summed E-state index contributed by atoms with van der Waals surface area (Å²) in [5, 5.41) is 5.43. The number of rotatable bonds is 15. The van der Waals surface area contributed by atoms with Gasteiger partial charge in [-0.25, -0.2) is 0 Å². The predicted octanol–water partition coefficient (Wildman–Crippen LogP) is -0.675. The van der Waals surface area contributed by atoms with Gasteiger partial charge in [0, 0.05) is 40.2 Å². The van der Waals surface area contributed by atoms with Crippen molar-refractivity contribution in [3.05, 3.63) is 0 Å². The summed E-state index contributed by atoms with van der Waals surface area (Å²) >= 11 is 0. The molecule has 130 valence electrons. The largest absolute Gasteiger partial charge is 0.384 e. The highest BCUT2D eigenvalue weighted by molar-refractivity contribution is 5.76. The number of amides is 2. The highest BCUT2D eigenvalue weighted by Crippen LogP contribution is 1.83. The molecule has 0 saturated carbocycles. The van der Waals surface area contributed by atoms with Crippen LogP contribution in [0.1, 0.15) is 12.8 Å². The van der Waals surface area contributed by atoms with E-state index < -0.39 is 0 Å². The molecule has 2 amide bonds. The van der Waals surface area contributed by atoms with Crippen LogP contribution in [0.5, 0.6) is 0 Å². The van der Waals surface area contributed by atoms with Crippen LogP contribution in [-0.4, -0.2) is 78.8 Å². The summed E-state index contributed by atoms with van der Waals surface area (Å²) in [6, 6.07) is 0. The standard InChI is InChI=1S/C14H28N2O6/c1-19-7-3-13(17)15-5-9-21-11-12-22-10-6-16-14(18)4-8-20-2/h3-12H2,1-2H3,(H,15,17)(H,16,18). The van der Waals surface area contributed by atoms with Gasteiger partial charge in [-0.1, -0.05) is 0 Å². The van der Waals surface area contributed by atoms with Crippen molar-refractivity contribution in [3.8, 4) is 0 Å². The third-order valence-electron chi connectivity index (χ3n) is 2.58. The molecule has 0 unspecified atom stereocenters. The van der Waals surface area contributed by atoms with Crippen LogP contribution in [0.25, 0.3) is 0 Å². The lowest BCUT2D eigenvalue weighted by Gasteiger charge is -2.08. The zero-order chi connectivity index (χ0) is 16.5. The number of hydrogen-bond donors (Lipinski definition) is 2. The topological polar surface area (TPSA) is 95.1 Å². The zero-order valence-electron chi connectivity index (χ0n) is 13.5. The first-order valence-electron chi connectivity index (χ1n) is 7.37. The van der Waals surface area contributed by atoms with Crippen molar-refractivity contribution in [1.82, 2.24) is 10.6 Å². The molecule has 0 bridgehead atoms. The third kappa shape index (κ3) is 15.2. The monoisotopic (exact) mass is 320 g/mol. The summed E-state index contributed by atoms with van der Waals surface area (Å²) in [5.74, 6) is -0.100. The first-order chi connectivity index (χ1) is 10.7. The van der Waals surface area contributed by atoms with Crippen molar-refractivity contribution in [1.29, 1.82) is 0 Å². The van der Waals surface area contributed by atoms with Crippen LogP contribution in [0.15, 0.2) is 0 Å². The van der Waals surface area contributed by atoms with Gasteiger partial charge in [0.1, 0.15) is 0 Å². The van der Waals surface area contributed by atoms with Gasteiger partial charge in [-0.2, -0.15) is 0 Å². The zero-order valence-corrected chi connectivity index (χ0v) is 13.5. The van der Waals surface area contributed by atoms with Gasteiger partial charge < -0.3 is 29.6 Å². The second-order valence-corrected chi connectivity index (χ2v) is 4.41. The number of hydrogen-bond acceptors (Lipinski definition) is 6. The lowest BCUT2D eigenvalue weighted by Crippen LogP contribution is -2.29. The van der Waals surface area contributed by atoms with Gasteiger partial charge >= 0.3 is 0 Å². The summed E-state index contributed by atoms with van der Waals surface area (Å²) < 4.78 is 20.2. The molecule has 0 heterocycles. The second kappa shape index (κ2) is 16.2. The number of carbonyl (C=O) groups is 2. The molecule has 0 aliphatic carbocycles. The summed E-state index contributed by atoms with van der Waals surface area (Å²) in [4.78, 5) is 22.4. The Kier molecular flexibility index (Phi) is 15.3. The van der Waals surface area contributed by atoms with E-state index in [2.05, 4.69) is 10.6 Å². The van der Waals surface area contributed by atoms with Gasteiger partial charge in [-0.15, -0.1) is 0 Å². The van der Waals surface area contributed by atoms with Gasteiger partial charge in [0.05, 0.1) is 39.6 Å². The first-order valence-corrected chi connectivity index (χ1v) is 7.37. The van der Waals surface area contributed by atoms with E-state index in [4.69, 9.17) is 18.9 Å². The van der Waals surface area contributed by atoms with Gasteiger partial charge in [0.25, 0.3) is 0 Å². The van der Waals surface area contributed by atoms with Crippen molar-refractivity contribution < 1.29 is 28.5 Å². The molecule has 0 radical (unpaired) electrons. The summed E-state index contributed by atoms with van der Waals surface area (Å²) in [7, 11) is 3.11. The minimum Gasteiger partial charge on any atom is -0.384 e. The Hall–Kier alpha value is -1.22. The second-order valence-electron chi connectivity index (χ2n) is 4.41. The average molecular weight is 320 g/mol. The SMILES string of the molecule is COCCC(=O)NCCOCCOCCNC(=O)CCOC. The van der Waals surface area contributed by atoms with Gasteiger partial charge in [0.15, 0.2) is 0 Å². The molecule has 0 aromatic heterocycles. The molecular weight excluding hydrogens is 292 g/mol. The molecule has 0 rings (SSSR count). The number of methoxy groups -OCH3 is 2. The molecule has 0 spiro atoms. The fraction of sp³-hybridized carbons (Fsp3) is 0.857. The maximum atomic E-state index is 11.2. The molecule has 22 heavy (non-hydrogen) atoms. The van der Waals surface area contributed by atoms with Crippen molar-refractivity contribution in [2.24, 2.45) is 0 Å². The number of ether oxygens (including phenoxy) is 4. The summed E-state index contributed by atoms with van der Waals surface area (Å²) in [5.41, 5.74) is 0. The molecule has 0 aliphatic rings. The fourth-order valence-corrected chi connectivity index (χ4v) is 1.41. The maximum Gasteiger partial charge on any atom is 0.222 e. The van der Waals surface area contributed by atoms with Crippen LogP contribution in [0.4, 0.5) is 0 Å². The summed E-state index contributed by atoms with van der Waals surface area (Å²) in [6.45, 7) is 3.56. The van der Waals surface area contributed by atoms with Crippen LogP contribution < -0.4 is 10.6 Å². The molecule has 0 atom stereocenters. The van der Waals surface area contributed by atoms with E-state index in [-0.39, 0.29) is 11.8 Å². The Bertz CT molecular complexity index is 261. The summed E-state index contributed by atoms with van der Waals surface area (Å²) in [6.07, 6.45) is 0.714. The Morgan fingerprint density at radius 2 is 1.09 bits per heavy atom. The van der Waals surface area contributed by atoms with Crippen LogP contribution in [0, 0.1) is 0 Å². The first kappa shape index (κ1) is 20.8. The molecule has 2 N–H and O–H groups in total. The van der Waals surface area contributed by atoms with E-state index in [1.54, 1.807) is 14.2 Å². The maximum absolute atomic E-state index is 11.2. The van der Waals surface area contributed by atoms with Crippen molar-refractivity contribution >= 4 is 11.8 Å². The van der Waals surface area contributed by atoms with E-state index in [9.17, 15) is 9.59 Å². The normalized spacial score (nSPS) is 10.5. The molecule has 8 heteroatoms. The Morgan fingerprint density at radius 3 is 1.45 bits per heavy atom. The van der Waals surface area contributed by atoms with E-state index in [0.717, 1.165) is 0 Å². The van der Waals surface area contributed by atoms with Gasteiger partial charge in [-0.05, 0) is 0 Å². The minimum atomic E-state index is -0.0501. The van der Waals surface area contributed by atoms with Crippen molar-refractivity contribution in [2.45, 2.75) is 12.8 Å². The van der Waals surface area contributed by atoms with E-state index in [1.807, 2.05) is 0 Å². The highest BCUT2D eigenvalue weighted by atomic mass is 16.5. The van der Waals surface area contributed by atoms with Crippen LogP contribution >= 0.6 is 0 Å².